The summed E-state index contributed by atoms with van der Waals surface area (Å²) in [6.07, 6.45) is 5.10. The third kappa shape index (κ3) is 7.66. The van der Waals surface area contributed by atoms with Crippen LogP contribution in [0.4, 0.5) is 5.13 Å². The predicted molar refractivity (Wildman–Crippen MR) is 126 cm³/mol. The Kier molecular flexibility index (Phi) is 8.92. The standard InChI is InChI=1S/C19H19ClN8O3S2/c1-12(29)27-28-15(8-14-10-32-18(23-14)24-16(30)9-20)25-26-19(28)33-11-17(31)22-7-5-13-4-2-3-6-21-13/h2-7,10H,8-9,11H2,1H3,(H,22,31)(H,27,29)(H,23,24,30)/b7-5+. The number of hydrogen-bond acceptors (Lipinski definition) is 9. The number of carbonyl (C=O) groups is 3. The first kappa shape index (κ1) is 24.4. The molecule has 0 aliphatic heterocycles. The quantitative estimate of drug-likeness (QED) is 0.279. The smallest absolute Gasteiger partial charge is 0.241 e. The Labute approximate surface area is 202 Å². The van der Waals surface area contributed by atoms with Crippen LogP contribution >= 0.6 is 34.7 Å². The molecule has 0 unspecified atom stereocenters. The molecule has 0 fully saturated rings. The molecule has 0 saturated heterocycles. The molecule has 14 heteroatoms. The number of hydrogen-bond donors (Lipinski definition) is 3. The van der Waals surface area contributed by atoms with Crippen molar-refractivity contribution in [1.29, 1.82) is 0 Å². The van der Waals surface area contributed by atoms with Crippen molar-refractivity contribution < 1.29 is 14.4 Å². The van der Waals surface area contributed by atoms with Crippen LogP contribution in [0.2, 0.25) is 0 Å². The predicted octanol–water partition coefficient (Wildman–Crippen LogP) is 1.87. The van der Waals surface area contributed by atoms with Crippen LogP contribution in [-0.4, -0.2) is 54.2 Å². The fraction of sp³-hybridized carbons (Fsp3) is 0.211. The minimum Gasteiger partial charge on any atom is -0.332 e. The average molecular weight is 507 g/mol. The number of thioether (sulfide) groups is 1. The van der Waals surface area contributed by atoms with E-state index in [0.717, 1.165) is 11.8 Å². The summed E-state index contributed by atoms with van der Waals surface area (Å²) in [6, 6.07) is 5.46. The lowest BCUT2D eigenvalue weighted by atomic mass is 10.3. The zero-order valence-electron chi connectivity index (χ0n) is 17.3. The lowest BCUT2D eigenvalue weighted by molar-refractivity contribution is -0.117. The molecule has 3 aromatic heterocycles. The van der Waals surface area contributed by atoms with E-state index < -0.39 is 0 Å². The van der Waals surface area contributed by atoms with Crippen molar-refractivity contribution in [3.63, 3.8) is 0 Å². The molecule has 0 aromatic carbocycles. The third-order valence-electron chi connectivity index (χ3n) is 3.75. The molecule has 11 nitrogen and oxygen atoms in total. The highest BCUT2D eigenvalue weighted by Crippen LogP contribution is 2.20. The van der Waals surface area contributed by atoms with Crippen molar-refractivity contribution in [2.75, 3.05) is 22.4 Å². The van der Waals surface area contributed by atoms with Gasteiger partial charge in [0, 0.05) is 24.7 Å². The van der Waals surface area contributed by atoms with E-state index in [0.29, 0.717) is 27.5 Å². The van der Waals surface area contributed by atoms with E-state index in [-0.39, 0.29) is 35.8 Å². The number of nitrogens with one attached hydrogen (secondary N) is 3. The second-order valence-corrected chi connectivity index (χ2v) is 8.42. The molecule has 0 bridgehead atoms. The molecular formula is C19H19ClN8O3S2. The molecule has 0 radical (unpaired) electrons. The normalized spacial score (nSPS) is 10.8. The third-order valence-corrected chi connectivity index (χ3v) is 5.73. The number of alkyl halides is 1. The van der Waals surface area contributed by atoms with Gasteiger partial charge in [0.05, 0.1) is 23.6 Å². The number of thiazole rings is 1. The summed E-state index contributed by atoms with van der Waals surface area (Å²) in [5.41, 5.74) is 3.98. The molecule has 0 spiro atoms. The molecule has 33 heavy (non-hydrogen) atoms. The van der Waals surface area contributed by atoms with Crippen LogP contribution in [0.3, 0.4) is 0 Å². The van der Waals surface area contributed by atoms with E-state index in [2.05, 4.69) is 36.2 Å². The minimum atomic E-state index is -0.356. The van der Waals surface area contributed by atoms with Crippen molar-refractivity contribution in [1.82, 2.24) is 30.2 Å². The van der Waals surface area contributed by atoms with Crippen molar-refractivity contribution in [3.05, 3.63) is 53.2 Å². The summed E-state index contributed by atoms with van der Waals surface area (Å²) in [6.45, 7) is 1.36. The summed E-state index contributed by atoms with van der Waals surface area (Å²) < 4.78 is 1.42. The molecule has 0 aliphatic carbocycles. The zero-order valence-corrected chi connectivity index (χ0v) is 19.7. The Morgan fingerprint density at radius 1 is 1.24 bits per heavy atom. The van der Waals surface area contributed by atoms with Gasteiger partial charge < -0.3 is 10.6 Å². The van der Waals surface area contributed by atoms with E-state index >= 15 is 0 Å². The Balaban J connectivity index is 1.61. The van der Waals surface area contributed by atoms with Crippen LogP contribution in [0.5, 0.6) is 0 Å². The molecule has 172 valence electrons. The van der Waals surface area contributed by atoms with Crippen LogP contribution in [0.1, 0.15) is 24.1 Å². The number of carbonyl (C=O) groups excluding carboxylic acids is 3. The van der Waals surface area contributed by atoms with Gasteiger partial charge in [-0.05, 0) is 18.2 Å². The molecule has 3 heterocycles. The molecule has 3 N–H and O–H groups in total. The molecular weight excluding hydrogens is 488 g/mol. The van der Waals surface area contributed by atoms with Gasteiger partial charge in [-0.15, -0.1) is 33.1 Å². The first-order valence-corrected chi connectivity index (χ1v) is 11.9. The number of rotatable bonds is 10. The molecule has 3 aromatic rings. The van der Waals surface area contributed by atoms with Gasteiger partial charge >= 0.3 is 0 Å². The maximum Gasteiger partial charge on any atom is 0.241 e. The SMILES string of the molecule is CC(=O)Nn1c(Cc2csc(NC(=O)CCl)n2)nnc1SCC(=O)N/C=C/c1ccccn1. The summed E-state index contributed by atoms with van der Waals surface area (Å²) in [4.78, 5) is 43.7. The van der Waals surface area contributed by atoms with Gasteiger partial charge in [-0.1, -0.05) is 17.8 Å². The highest BCUT2D eigenvalue weighted by molar-refractivity contribution is 7.99. The van der Waals surface area contributed by atoms with Gasteiger partial charge in [0.2, 0.25) is 22.9 Å². The monoisotopic (exact) mass is 506 g/mol. The number of halogens is 1. The molecule has 0 saturated carbocycles. The number of aromatic nitrogens is 5. The second-order valence-electron chi connectivity index (χ2n) is 6.35. The fourth-order valence-electron chi connectivity index (χ4n) is 2.40. The second kappa shape index (κ2) is 12.1. The topological polar surface area (TPSA) is 144 Å². The summed E-state index contributed by atoms with van der Waals surface area (Å²) in [7, 11) is 0. The maximum atomic E-state index is 12.2. The Hall–Kier alpha value is -3.29. The van der Waals surface area contributed by atoms with Gasteiger partial charge in [0.15, 0.2) is 11.0 Å². The van der Waals surface area contributed by atoms with Crippen LogP contribution < -0.4 is 16.1 Å². The lowest BCUT2D eigenvalue weighted by Crippen LogP contribution is -2.24. The first-order chi connectivity index (χ1) is 15.9. The molecule has 0 aliphatic rings. The zero-order chi connectivity index (χ0) is 23.6. The van der Waals surface area contributed by atoms with E-state index in [9.17, 15) is 14.4 Å². The van der Waals surface area contributed by atoms with Crippen molar-refractivity contribution in [3.8, 4) is 0 Å². The molecule has 3 rings (SSSR count). The van der Waals surface area contributed by atoms with Gasteiger partial charge in [-0.25, -0.2) is 9.66 Å². The van der Waals surface area contributed by atoms with E-state index in [4.69, 9.17) is 11.6 Å². The van der Waals surface area contributed by atoms with Crippen LogP contribution in [0.15, 0.2) is 41.1 Å². The summed E-state index contributed by atoms with van der Waals surface area (Å²) in [5, 5.41) is 15.9. The average Bonchev–Trinajstić information content (AvgIpc) is 3.39. The Morgan fingerprint density at radius 3 is 2.82 bits per heavy atom. The maximum absolute atomic E-state index is 12.2. The van der Waals surface area contributed by atoms with E-state index in [1.54, 1.807) is 23.7 Å². The first-order valence-electron chi connectivity index (χ1n) is 9.46. The molecule has 3 amide bonds. The molecule has 0 atom stereocenters. The number of nitrogens with zero attached hydrogens (tertiary/aromatic N) is 5. The number of amides is 3. The highest BCUT2D eigenvalue weighted by atomic mass is 35.5. The van der Waals surface area contributed by atoms with Crippen molar-refractivity contribution >= 4 is 63.6 Å². The summed E-state index contributed by atoms with van der Waals surface area (Å²) >= 11 is 7.84. The largest absolute Gasteiger partial charge is 0.332 e. The van der Waals surface area contributed by atoms with Crippen molar-refractivity contribution in [2.45, 2.75) is 18.5 Å². The van der Waals surface area contributed by atoms with Crippen LogP contribution in [0, 0.1) is 0 Å². The Morgan fingerprint density at radius 2 is 2.09 bits per heavy atom. The van der Waals surface area contributed by atoms with Gasteiger partial charge in [-0.3, -0.25) is 24.8 Å². The number of pyridine rings is 1. The van der Waals surface area contributed by atoms with Crippen LogP contribution in [0.25, 0.3) is 6.08 Å². The van der Waals surface area contributed by atoms with Gasteiger partial charge in [0.1, 0.15) is 5.88 Å². The Bertz CT molecular complexity index is 1150. The highest BCUT2D eigenvalue weighted by Gasteiger charge is 2.17. The number of anilines is 1. The van der Waals surface area contributed by atoms with Gasteiger partial charge in [-0.2, -0.15) is 0 Å². The fourth-order valence-corrected chi connectivity index (χ4v) is 3.92. The van der Waals surface area contributed by atoms with E-state index in [1.165, 1.54) is 29.1 Å². The summed E-state index contributed by atoms with van der Waals surface area (Å²) in [5.74, 6) is -0.636. The van der Waals surface area contributed by atoms with Gasteiger partial charge in [0.25, 0.3) is 0 Å². The minimum absolute atomic E-state index is 0.0512. The van der Waals surface area contributed by atoms with Crippen LogP contribution in [-0.2, 0) is 20.8 Å². The van der Waals surface area contributed by atoms with E-state index in [1.807, 2.05) is 12.1 Å². The van der Waals surface area contributed by atoms with Crippen molar-refractivity contribution in [2.24, 2.45) is 0 Å². The lowest BCUT2D eigenvalue weighted by Gasteiger charge is -2.09.